The molecule has 0 saturated heterocycles. The lowest BCUT2D eigenvalue weighted by Gasteiger charge is -1.96. The molecule has 0 unspecified atom stereocenters. The molecule has 4 nitrogen and oxygen atoms in total. The van der Waals surface area contributed by atoms with Crippen molar-refractivity contribution < 1.29 is 9.32 Å². The fourth-order valence-electron chi connectivity index (χ4n) is 0.817. The summed E-state index contributed by atoms with van der Waals surface area (Å²) < 4.78 is 4.53. The molecule has 0 bridgehead atoms. The number of aromatic nitrogens is 1. The van der Waals surface area contributed by atoms with Crippen molar-refractivity contribution in [2.75, 3.05) is 0 Å². The summed E-state index contributed by atoms with van der Waals surface area (Å²) in [5, 5.41) is 6.30. The summed E-state index contributed by atoms with van der Waals surface area (Å²) in [6, 6.07) is 1.93. The van der Waals surface area contributed by atoms with Crippen LogP contribution in [0, 0.1) is 0 Å². The Morgan fingerprint density at radius 1 is 1.67 bits per heavy atom. The second-order valence-corrected chi connectivity index (χ2v) is 2.63. The summed E-state index contributed by atoms with van der Waals surface area (Å²) in [6.07, 6.45) is 3.56. The highest BCUT2D eigenvalue weighted by molar-refractivity contribution is 5.92. The Balaban J connectivity index is 0.000000720. The van der Waals surface area contributed by atoms with Gasteiger partial charge in [-0.05, 0) is 12.8 Å². The fourth-order valence-corrected chi connectivity index (χ4v) is 0.817. The first-order chi connectivity index (χ1) is 5.36. The third-order valence-corrected chi connectivity index (χ3v) is 1.58. The fraction of sp³-hybridized carbons (Fsp3) is 0.429. The molecular weight excluding hydrogens is 180 g/mol. The predicted octanol–water partition coefficient (Wildman–Crippen LogP) is 0.989. The van der Waals surface area contributed by atoms with E-state index < -0.39 is 0 Å². The van der Waals surface area contributed by atoms with Crippen LogP contribution in [0.3, 0.4) is 0 Å². The molecule has 1 saturated carbocycles. The topological polar surface area (TPSA) is 55.1 Å². The van der Waals surface area contributed by atoms with Crippen LogP contribution in [0.1, 0.15) is 23.3 Å². The van der Waals surface area contributed by atoms with Crippen molar-refractivity contribution in [1.82, 2.24) is 10.5 Å². The minimum Gasteiger partial charge on any atom is -0.364 e. The van der Waals surface area contributed by atoms with Crippen LogP contribution in [0.25, 0.3) is 0 Å². The van der Waals surface area contributed by atoms with Crippen molar-refractivity contribution in [3.05, 3.63) is 18.0 Å². The van der Waals surface area contributed by atoms with Gasteiger partial charge >= 0.3 is 0 Å². The van der Waals surface area contributed by atoms with E-state index in [-0.39, 0.29) is 18.3 Å². The molecule has 1 aromatic heterocycles. The van der Waals surface area contributed by atoms with Gasteiger partial charge in [0.2, 0.25) is 0 Å². The number of rotatable bonds is 2. The van der Waals surface area contributed by atoms with Crippen LogP contribution in [0.2, 0.25) is 0 Å². The monoisotopic (exact) mass is 188 g/mol. The van der Waals surface area contributed by atoms with Crippen molar-refractivity contribution >= 4 is 18.3 Å². The van der Waals surface area contributed by atoms with Crippen molar-refractivity contribution in [2.45, 2.75) is 18.9 Å². The Bertz CT molecular complexity index is 256. The average molecular weight is 189 g/mol. The maximum absolute atomic E-state index is 11.1. The molecule has 0 spiro atoms. The molecule has 1 aliphatic rings. The van der Waals surface area contributed by atoms with Gasteiger partial charge in [0.1, 0.15) is 6.26 Å². The molecule has 0 aromatic carbocycles. The molecule has 5 heteroatoms. The Kier molecular flexibility index (Phi) is 2.70. The quantitative estimate of drug-likeness (QED) is 0.753. The highest BCUT2D eigenvalue weighted by atomic mass is 35.5. The molecule has 0 radical (unpaired) electrons. The maximum atomic E-state index is 11.1. The summed E-state index contributed by atoms with van der Waals surface area (Å²) in [5.74, 6) is -0.138. The van der Waals surface area contributed by atoms with Crippen molar-refractivity contribution in [3.8, 4) is 0 Å². The summed E-state index contributed by atoms with van der Waals surface area (Å²) >= 11 is 0. The number of hydrogen-bond donors (Lipinski definition) is 1. The minimum absolute atomic E-state index is 0. The third kappa shape index (κ3) is 1.98. The van der Waals surface area contributed by atoms with Gasteiger partial charge in [-0.3, -0.25) is 4.79 Å². The molecule has 1 aliphatic carbocycles. The molecule has 0 atom stereocenters. The number of halogens is 1. The number of carbonyl (C=O) groups is 1. The van der Waals surface area contributed by atoms with Crippen molar-refractivity contribution in [3.63, 3.8) is 0 Å². The largest absolute Gasteiger partial charge is 0.364 e. The number of nitrogens with zero attached hydrogens (tertiary/aromatic N) is 1. The van der Waals surface area contributed by atoms with Gasteiger partial charge < -0.3 is 9.84 Å². The number of hydrogen-bond acceptors (Lipinski definition) is 3. The molecule has 2 rings (SSSR count). The van der Waals surface area contributed by atoms with Crippen LogP contribution >= 0.6 is 12.4 Å². The van der Waals surface area contributed by atoms with Gasteiger partial charge in [0.15, 0.2) is 5.69 Å². The van der Waals surface area contributed by atoms with E-state index in [1.807, 2.05) is 0 Å². The van der Waals surface area contributed by atoms with E-state index in [4.69, 9.17) is 0 Å². The van der Waals surface area contributed by atoms with Gasteiger partial charge in [-0.15, -0.1) is 12.4 Å². The molecule has 1 amide bonds. The third-order valence-electron chi connectivity index (χ3n) is 1.58. The van der Waals surface area contributed by atoms with Gasteiger partial charge in [0.05, 0.1) is 0 Å². The molecular formula is C7H9ClN2O2. The molecule has 1 aromatic rings. The van der Waals surface area contributed by atoms with Crippen LogP contribution in [-0.4, -0.2) is 17.1 Å². The maximum Gasteiger partial charge on any atom is 0.273 e. The Labute approximate surface area is 75.7 Å². The normalized spacial score (nSPS) is 15.0. The van der Waals surface area contributed by atoms with Crippen molar-refractivity contribution in [1.29, 1.82) is 0 Å². The molecule has 1 N–H and O–H groups in total. The molecule has 66 valence electrons. The Morgan fingerprint density at radius 2 is 2.42 bits per heavy atom. The zero-order chi connectivity index (χ0) is 7.68. The van der Waals surface area contributed by atoms with Crippen LogP contribution in [-0.2, 0) is 0 Å². The van der Waals surface area contributed by atoms with Gasteiger partial charge in [0.25, 0.3) is 5.91 Å². The molecule has 1 heterocycles. The highest BCUT2D eigenvalue weighted by Gasteiger charge is 2.24. The van der Waals surface area contributed by atoms with E-state index in [9.17, 15) is 4.79 Å². The standard InChI is InChI=1S/C7H8N2O2.ClH/c10-7(8-5-1-2-5)6-3-4-11-9-6;/h3-5H,1-2H2,(H,8,10);1H. The lowest BCUT2D eigenvalue weighted by molar-refractivity contribution is 0.0942. The molecule has 1 fully saturated rings. The predicted molar refractivity (Wildman–Crippen MR) is 44.2 cm³/mol. The van der Waals surface area contributed by atoms with E-state index in [1.54, 1.807) is 6.07 Å². The van der Waals surface area contributed by atoms with Gasteiger partial charge in [-0.2, -0.15) is 0 Å². The first-order valence-electron chi connectivity index (χ1n) is 3.57. The molecule has 12 heavy (non-hydrogen) atoms. The second kappa shape index (κ2) is 3.58. The van der Waals surface area contributed by atoms with Crippen molar-refractivity contribution in [2.24, 2.45) is 0 Å². The Hall–Kier alpha value is -1.03. The van der Waals surface area contributed by atoms with Crippen LogP contribution in [0.15, 0.2) is 16.9 Å². The number of nitrogens with one attached hydrogen (secondary N) is 1. The molecule has 0 aliphatic heterocycles. The van der Waals surface area contributed by atoms with Crippen LogP contribution in [0.5, 0.6) is 0 Å². The van der Waals surface area contributed by atoms with E-state index >= 15 is 0 Å². The zero-order valence-electron chi connectivity index (χ0n) is 6.32. The first kappa shape index (κ1) is 9.06. The average Bonchev–Trinajstić information content (AvgIpc) is 2.67. The summed E-state index contributed by atoms with van der Waals surface area (Å²) in [4.78, 5) is 11.1. The van der Waals surface area contributed by atoms with E-state index in [2.05, 4.69) is 15.0 Å². The minimum atomic E-state index is -0.138. The van der Waals surface area contributed by atoms with E-state index in [0.717, 1.165) is 12.8 Å². The van der Waals surface area contributed by atoms with Gasteiger partial charge in [-0.1, -0.05) is 5.16 Å². The second-order valence-electron chi connectivity index (χ2n) is 2.63. The lowest BCUT2D eigenvalue weighted by atomic mass is 10.4. The van der Waals surface area contributed by atoms with Crippen LogP contribution < -0.4 is 5.32 Å². The summed E-state index contributed by atoms with van der Waals surface area (Å²) in [6.45, 7) is 0. The SMILES string of the molecule is Cl.O=C(NC1CC1)c1ccon1. The number of carbonyl (C=O) groups excluding carboxylic acids is 1. The zero-order valence-corrected chi connectivity index (χ0v) is 7.13. The van der Waals surface area contributed by atoms with E-state index in [0.29, 0.717) is 11.7 Å². The smallest absolute Gasteiger partial charge is 0.273 e. The first-order valence-corrected chi connectivity index (χ1v) is 3.57. The summed E-state index contributed by atoms with van der Waals surface area (Å²) in [7, 11) is 0. The number of amides is 1. The Morgan fingerprint density at radius 3 is 2.92 bits per heavy atom. The highest BCUT2D eigenvalue weighted by Crippen LogP contribution is 2.18. The lowest BCUT2D eigenvalue weighted by Crippen LogP contribution is -2.25. The van der Waals surface area contributed by atoms with Gasteiger partial charge in [0, 0.05) is 12.1 Å². The van der Waals surface area contributed by atoms with E-state index in [1.165, 1.54) is 6.26 Å². The van der Waals surface area contributed by atoms with Crippen LogP contribution in [0.4, 0.5) is 0 Å². The van der Waals surface area contributed by atoms with Gasteiger partial charge in [-0.25, -0.2) is 0 Å². The summed E-state index contributed by atoms with van der Waals surface area (Å²) in [5.41, 5.74) is 0.358.